The van der Waals surface area contributed by atoms with Crippen LogP contribution in [-0.2, 0) is 19.0 Å². The Morgan fingerprint density at radius 2 is 1.59 bits per heavy atom. The van der Waals surface area contributed by atoms with E-state index in [-0.39, 0.29) is 6.61 Å². The van der Waals surface area contributed by atoms with E-state index in [1.165, 1.54) is 38.2 Å². The Bertz CT molecular complexity index is 323. The highest BCUT2D eigenvalue weighted by atomic mass is 16.7. The first-order valence-electron chi connectivity index (χ1n) is 8.28. The lowest BCUT2D eigenvalue weighted by Crippen LogP contribution is -2.50. The van der Waals surface area contributed by atoms with Crippen LogP contribution in [0.15, 0.2) is 12.7 Å². The van der Waals surface area contributed by atoms with E-state index in [1.54, 1.807) is 14.2 Å². The van der Waals surface area contributed by atoms with Gasteiger partial charge in [0.15, 0.2) is 5.79 Å². The Morgan fingerprint density at radius 3 is 2.09 bits per heavy atom. The second-order valence-corrected chi connectivity index (χ2v) is 6.24. The Balaban J connectivity index is 4.64. The summed E-state index contributed by atoms with van der Waals surface area (Å²) in [6.07, 6.45) is 9.37. The standard InChI is InChI=1S/C18H34O4/c1-7-9-10-11-12-13-14-17(3,15-22-16(19)8-2)18(4,20-5)21-6/h8H,2,7,9-15H2,1,3-6H3. The Labute approximate surface area is 136 Å². The average molecular weight is 314 g/mol. The van der Waals surface area contributed by atoms with Crippen molar-refractivity contribution in [3.05, 3.63) is 12.7 Å². The van der Waals surface area contributed by atoms with Gasteiger partial charge in [0.2, 0.25) is 0 Å². The summed E-state index contributed by atoms with van der Waals surface area (Å²) in [6, 6.07) is 0. The smallest absolute Gasteiger partial charge is 0.330 e. The predicted octanol–water partition coefficient (Wildman–Crippen LogP) is 4.48. The minimum absolute atomic E-state index is 0.255. The highest BCUT2D eigenvalue weighted by molar-refractivity contribution is 5.81. The number of methoxy groups -OCH3 is 2. The number of esters is 1. The van der Waals surface area contributed by atoms with Crippen LogP contribution in [0.1, 0.15) is 65.7 Å². The van der Waals surface area contributed by atoms with Crippen LogP contribution in [0.25, 0.3) is 0 Å². The zero-order valence-electron chi connectivity index (χ0n) is 15.1. The van der Waals surface area contributed by atoms with Gasteiger partial charge < -0.3 is 14.2 Å². The molecule has 1 unspecified atom stereocenters. The van der Waals surface area contributed by atoms with E-state index in [2.05, 4.69) is 13.5 Å². The lowest BCUT2D eigenvalue weighted by atomic mass is 9.77. The van der Waals surface area contributed by atoms with Crippen molar-refractivity contribution < 1.29 is 19.0 Å². The molecule has 0 spiro atoms. The molecule has 0 aromatic rings. The maximum Gasteiger partial charge on any atom is 0.330 e. The molecule has 0 rings (SSSR count). The maximum atomic E-state index is 11.4. The van der Waals surface area contributed by atoms with Crippen LogP contribution in [0.3, 0.4) is 0 Å². The van der Waals surface area contributed by atoms with E-state index in [0.29, 0.717) is 0 Å². The first-order valence-corrected chi connectivity index (χ1v) is 8.28. The van der Waals surface area contributed by atoms with Gasteiger partial charge in [0.25, 0.3) is 0 Å². The fraction of sp³-hybridized carbons (Fsp3) is 0.833. The van der Waals surface area contributed by atoms with Crippen molar-refractivity contribution in [2.45, 2.75) is 71.5 Å². The molecule has 0 aromatic carbocycles. The number of unbranched alkanes of at least 4 members (excludes halogenated alkanes) is 5. The Kier molecular flexibility index (Phi) is 10.4. The molecule has 0 aliphatic rings. The average Bonchev–Trinajstić information content (AvgIpc) is 2.54. The molecule has 0 heterocycles. The molecule has 0 saturated heterocycles. The van der Waals surface area contributed by atoms with Gasteiger partial charge in [-0.2, -0.15) is 0 Å². The van der Waals surface area contributed by atoms with Gasteiger partial charge in [-0.15, -0.1) is 0 Å². The molecular formula is C18H34O4. The first-order chi connectivity index (χ1) is 10.4. The van der Waals surface area contributed by atoms with Crippen molar-refractivity contribution in [2.75, 3.05) is 20.8 Å². The van der Waals surface area contributed by atoms with Crippen LogP contribution in [0.2, 0.25) is 0 Å². The largest absolute Gasteiger partial charge is 0.462 e. The van der Waals surface area contributed by atoms with Gasteiger partial charge in [0.05, 0.1) is 5.41 Å². The monoisotopic (exact) mass is 314 g/mol. The molecule has 130 valence electrons. The summed E-state index contributed by atoms with van der Waals surface area (Å²) in [5.41, 5.74) is -0.403. The molecule has 0 bridgehead atoms. The van der Waals surface area contributed by atoms with Gasteiger partial charge in [-0.25, -0.2) is 4.79 Å². The molecule has 22 heavy (non-hydrogen) atoms. The normalized spacial score (nSPS) is 14.4. The molecule has 0 aromatic heterocycles. The number of carbonyl (C=O) groups excluding carboxylic acids is 1. The molecule has 0 N–H and O–H groups in total. The van der Waals surface area contributed by atoms with E-state index < -0.39 is 17.2 Å². The molecule has 0 radical (unpaired) electrons. The number of rotatable bonds is 13. The van der Waals surface area contributed by atoms with E-state index in [1.807, 2.05) is 13.8 Å². The fourth-order valence-corrected chi connectivity index (χ4v) is 2.59. The van der Waals surface area contributed by atoms with Crippen LogP contribution in [0, 0.1) is 5.41 Å². The molecule has 1 atom stereocenters. The minimum Gasteiger partial charge on any atom is -0.462 e. The van der Waals surface area contributed by atoms with E-state index in [9.17, 15) is 4.79 Å². The molecule has 0 amide bonds. The van der Waals surface area contributed by atoms with Crippen LogP contribution >= 0.6 is 0 Å². The van der Waals surface area contributed by atoms with Gasteiger partial charge in [-0.05, 0) is 13.3 Å². The van der Waals surface area contributed by atoms with Crippen LogP contribution in [0.4, 0.5) is 0 Å². The molecular weight excluding hydrogens is 280 g/mol. The first kappa shape index (κ1) is 21.1. The minimum atomic E-state index is -0.794. The molecule has 0 aliphatic carbocycles. The van der Waals surface area contributed by atoms with Crippen LogP contribution < -0.4 is 0 Å². The van der Waals surface area contributed by atoms with Crippen molar-refractivity contribution >= 4 is 5.97 Å². The number of carbonyl (C=O) groups is 1. The summed E-state index contributed by atoms with van der Waals surface area (Å²) >= 11 is 0. The lowest BCUT2D eigenvalue weighted by molar-refractivity contribution is -0.271. The van der Waals surface area contributed by atoms with Gasteiger partial charge in [0, 0.05) is 20.3 Å². The van der Waals surface area contributed by atoms with E-state index in [4.69, 9.17) is 14.2 Å². The third-order valence-corrected chi connectivity index (χ3v) is 4.66. The summed E-state index contributed by atoms with van der Waals surface area (Å²) in [5, 5.41) is 0. The quantitative estimate of drug-likeness (QED) is 0.217. The third-order valence-electron chi connectivity index (χ3n) is 4.66. The van der Waals surface area contributed by atoms with Crippen LogP contribution in [0.5, 0.6) is 0 Å². The topological polar surface area (TPSA) is 44.8 Å². The van der Waals surface area contributed by atoms with Crippen molar-refractivity contribution in [3.8, 4) is 0 Å². The summed E-state index contributed by atoms with van der Waals surface area (Å²) in [5.74, 6) is -1.21. The molecule has 0 fully saturated rings. The maximum absolute atomic E-state index is 11.4. The Morgan fingerprint density at radius 1 is 1.05 bits per heavy atom. The van der Waals surface area contributed by atoms with Gasteiger partial charge in [-0.3, -0.25) is 0 Å². The number of hydrogen-bond donors (Lipinski definition) is 0. The second kappa shape index (κ2) is 10.8. The van der Waals surface area contributed by atoms with Gasteiger partial charge in [0.1, 0.15) is 6.61 Å². The lowest BCUT2D eigenvalue weighted by Gasteiger charge is -2.43. The highest BCUT2D eigenvalue weighted by Gasteiger charge is 2.46. The van der Waals surface area contributed by atoms with E-state index >= 15 is 0 Å². The summed E-state index contributed by atoms with van der Waals surface area (Å²) in [7, 11) is 3.25. The summed E-state index contributed by atoms with van der Waals surface area (Å²) in [6.45, 7) is 9.84. The zero-order valence-corrected chi connectivity index (χ0v) is 15.1. The van der Waals surface area contributed by atoms with Crippen molar-refractivity contribution in [3.63, 3.8) is 0 Å². The third kappa shape index (κ3) is 6.49. The van der Waals surface area contributed by atoms with Crippen molar-refractivity contribution in [1.29, 1.82) is 0 Å². The number of ether oxygens (including phenoxy) is 3. The fourth-order valence-electron chi connectivity index (χ4n) is 2.59. The van der Waals surface area contributed by atoms with Crippen molar-refractivity contribution in [2.24, 2.45) is 5.41 Å². The second-order valence-electron chi connectivity index (χ2n) is 6.24. The molecule has 4 heteroatoms. The SMILES string of the molecule is C=CC(=O)OCC(C)(CCCCCCCC)C(C)(OC)OC. The number of hydrogen-bond acceptors (Lipinski definition) is 4. The zero-order chi connectivity index (χ0) is 17.1. The summed E-state index contributed by atoms with van der Waals surface area (Å²) < 4.78 is 16.4. The van der Waals surface area contributed by atoms with E-state index in [0.717, 1.165) is 12.8 Å². The summed E-state index contributed by atoms with van der Waals surface area (Å²) in [4.78, 5) is 11.4. The molecule has 0 saturated carbocycles. The van der Waals surface area contributed by atoms with Crippen molar-refractivity contribution in [1.82, 2.24) is 0 Å². The van der Waals surface area contributed by atoms with Gasteiger partial charge in [-0.1, -0.05) is 59.0 Å². The molecule has 0 aliphatic heterocycles. The molecule has 4 nitrogen and oxygen atoms in total. The predicted molar refractivity (Wildman–Crippen MR) is 89.7 cm³/mol. The Hall–Kier alpha value is -0.870. The highest BCUT2D eigenvalue weighted by Crippen LogP contribution is 2.40. The van der Waals surface area contributed by atoms with Gasteiger partial charge >= 0.3 is 5.97 Å². The van der Waals surface area contributed by atoms with Crippen LogP contribution in [-0.4, -0.2) is 32.6 Å².